The van der Waals surface area contributed by atoms with E-state index in [-0.39, 0.29) is 81.0 Å². The van der Waals surface area contributed by atoms with Crippen LogP contribution in [-0.4, -0.2) is 151 Å². The van der Waals surface area contributed by atoms with Gasteiger partial charge in [-0.15, -0.1) is 11.6 Å². The van der Waals surface area contributed by atoms with Gasteiger partial charge in [-0.05, 0) is 124 Å². The lowest BCUT2D eigenvalue weighted by molar-refractivity contribution is -0.158. The van der Waals surface area contributed by atoms with Crippen molar-refractivity contribution in [3.8, 4) is 11.5 Å². The van der Waals surface area contributed by atoms with Crippen LogP contribution >= 0.6 is 11.6 Å². The van der Waals surface area contributed by atoms with Gasteiger partial charge in [0.25, 0.3) is 35.4 Å². The Labute approximate surface area is 428 Å². The summed E-state index contributed by atoms with van der Waals surface area (Å²) in [6.07, 6.45) is 2.89. The van der Waals surface area contributed by atoms with Gasteiger partial charge in [0.2, 0.25) is 11.8 Å². The van der Waals surface area contributed by atoms with E-state index in [1.54, 1.807) is 41.5 Å². The van der Waals surface area contributed by atoms with Crippen molar-refractivity contribution in [2.24, 2.45) is 10.8 Å². The molecule has 3 atom stereocenters. The number of carbonyl (C=O) groups excluding carboxylic acids is 10. The fraction of sp³-hybridized carbons (Fsp3) is 0.569. The molecule has 10 amide bonds. The second-order valence-corrected chi connectivity index (χ2v) is 20.6. The highest BCUT2D eigenvalue weighted by atomic mass is 35.5. The summed E-state index contributed by atoms with van der Waals surface area (Å²) >= 11 is 5.44. The molecule has 73 heavy (non-hydrogen) atoms. The largest absolute Gasteiger partial charge is 0.507 e. The van der Waals surface area contributed by atoms with Crippen molar-refractivity contribution in [2.75, 3.05) is 32.3 Å². The lowest BCUT2D eigenvalue weighted by atomic mass is 9.89. The molecule has 2 aromatic carbocycles. The minimum Gasteiger partial charge on any atom is -0.507 e. The van der Waals surface area contributed by atoms with E-state index in [9.17, 15) is 53.1 Å². The average molecular weight is 1040 g/mol. The van der Waals surface area contributed by atoms with Crippen molar-refractivity contribution in [1.82, 2.24) is 19.6 Å². The van der Waals surface area contributed by atoms with Gasteiger partial charge in [0, 0.05) is 12.5 Å². The van der Waals surface area contributed by atoms with Crippen LogP contribution in [0, 0.1) is 10.8 Å². The molecule has 0 aromatic heterocycles. The van der Waals surface area contributed by atoms with Crippen LogP contribution < -0.4 is 4.74 Å². The van der Waals surface area contributed by atoms with Crippen molar-refractivity contribution in [3.05, 3.63) is 58.7 Å². The number of hydrogen-bond acceptors (Lipinski definition) is 17. The van der Waals surface area contributed by atoms with Gasteiger partial charge < -0.3 is 33.9 Å². The van der Waals surface area contributed by atoms with E-state index < -0.39 is 93.6 Å². The highest BCUT2D eigenvalue weighted by Crippen LogP contribution is 2.56. The Hall–Kier alpha value is -6.29. The summed E-state index contributed by atoms with van der Waals surface area (Å²) in [6, 6.07) is 5.90. The summed E-state index contributed by atoms with van der Waals surface area (Å²) in [7, 11) is 0. The number of nitrogens with zero attached hydrogens (tertiary/aromatic N) is 4. The Morgan fingerprint density at radius 1 is 0.685 bits per heavy atom. The highest BCUT2D eigenvalue weighted by Gasteiger charge is 2.65. The lowest BCUT2D eigenvalue weighted by Crippen LogP contribution is -2.61. The van der Waals surface area contributed by atoms with Gasteiger partial charge >= 0.3 is 12.2 Å². The molecule has 2 saturated carbocycles. The second kappa shape index (κ2) is 22.0. The number of carbonyl (C=O) groups is 10. The Kier molecular flexibility index (Phi) is 17.4. The molecule has 2 aliphatic carbocycles. The van der Waals surface area contributed by atoms with Gasteiger partial charge in [-0.25, -0.2) is 9.59 Å². The summed E-state index contributed by atoms with van der Waals surface area (Å²) in [5.74, 6) is -5.97. The number of piperidine rings is 2. The van der Waals surface area contributed by atoms with E-state index in [1.165, 1.54) is 49.2 Å². The van der Waals surface area contributed by atoms with Gasteiger partial charge in [0.15, 0.2) is 6.29 Å². The number of phenols is 1. The number of aromatic hydroxyl groups is 1. The van der Waals surface area contributed by atoms with Crippen LogP contribution in [0.3, 0.4) is 0 Å². The van der Waals surface area contributed by atoms with Crippen LogP contribution in [0.2, 0.25) is 0 Å². The van der Waals surface area contributed by atoms with Crippen LogP contribution in [0.15, 0.2) is 36.4 Å². The van der Waals surface area contributed by atoms with E-state index in [4.69, 9.17) is 40.4 Å². The van der Waals surface area contributed by atoms with Gasteiger partial charge in [-0.2, -0.15) is 9.80 Å². The van der Waals surface area contributed by atoms with Gasteiger partial charge in [-0.1, -0.05) is 27.0 Å². The number of hydrogen-bond donors (Lipinski definition) is 2. The molecule has 7 aliphatic rings. The van der Waals surface area contributed by atoms with E-state index in [1.807, 2.05) is 0 Å². The van der Waals surface area contributed by atoms with Crippen LogP contribution in [0.4, 0.5) is 9.59 Å². The van der Waals surface area contributed by atoms with Crippen molar-refractivity contribution >= 4 is 71.0 Å². The molecular weight excluding hydrogens is 976 g/mol. The van der Waals surface area contributed by atoms with Crippen LogP contribution in [0.25, 0.3) is 0 Å². The first-order chi connectivity index (χ1) is 33.4. The number of alkyl halides is 1. The van der Waals surface area contributed by atoms with Gasteiger partial charge in [0.1, 0.15) is 41.4 Å². The van der Waals surface area contributed by atoms with Crippen molar-refractivity contribution in [3.63, 3.8) is 0 Å². The number of phenolic OH excluding ortho intramolecular Hbond substituents is 1. The average Bonchev–Trinajstić information content (AvgIpc) is 4.23. The molecule has 5 heterocycles. The normalized spacial score (nSPS) is 22.3. The number of halogens is 1. The van der Waals surface area contributed by atoms with E-state index in [0.29, 0.717) is 48.0 Å². The maximum Gasteiger partial charge on any atom is 0.424 e. The fourth-order valence-corrected chi connectivity index (χ4v) is 9.07. The number of fused-ring (bicyclic) bond motifs is 2. The predicted molar refractivity (Wildman–Crippen MR) is 258 cm³/mol. The summed E-state index contributed by atoms with van der Waals surface area (Å²) in [6.45, 7) is 10.7. The van der Waals surface area contributed by atoms with E-state index in [2.05, 4.69) is 0 Å². The summed E-state index contributed by atoms with van der Waals surface area (Å²) < 4.78 is 26.4. The fourth-order valence-electron chi connectivity index (χ4n) is 8.98. The highest BCUT2D eigenvalue weighted by molar-refractivity contribution is 6.27. The van der Waals surface area contributed by atoms with Crippen LogP contribution in [0.1, 0.15) is 156 Å². The molecule has 2 N–H and O–H groups in total. The SMILES string of the molecule is C.C.CC(C)(C)OC(=O)N1C(=O)C(N2C(=O)c3cccc(O)c3C2=O)CC2(CC2)C1=O.CC(C)(C)OC(=O)N1C(=O)C(N2C(=O)c3cccc(OCCO)c3C2=O)CC2(CC2)C1=O.ClCCOC1CCCCO1. The Morgan fingerprint density at radius 3 is 1.56 bits per heavy atom. The van der Waals surface area contributed by atoms with Gasteiger partial charge in [-0.3, -0.25) is 48.2 Å². The molecule has 9 rings (SSSR count). The number of amides is 10. The van der Waals surface area contributed by atoms with Crippen LogP contribution in [0.5, 0.6) is 11.5 Å². The smallest absolute Gasteiger partial charge is 0.424 e. The Balaban J connectivity index is 0.000000223. The molecule has 398 valence electrons. The zero-order chi connectivity index (χ0) is 52.0. The molecule has 5 fully saturated rings. The lowest BCUT2D eigenvalue weighted by Gasteiger charge is -2.38. The molecule has 0 bridgehead atoms. The number of imide groups is 8. The zero-order valence-corrected chi connectivity index (χ0v) is 41.0. The first-order valence-corrected chi connectivity index (χ1v) is 23.9. The molecular formula is C51H65ClN4O17. The van der Waals surface area contributed by atoms with Crippen LogP contribution in [-0.2, 0) is 38.1 Å². The van der Waals surface area contributed by atoms with Crippen molar-refractivity contribution < 1.29 is 81.8 Å². The Morgan fingerprint density at radius 2 is 1.15 bits per heavy atom. The number of rotatable bonds is 8. The van der Waals surface area contributed by atoms with Crippen molar-refractivity contribution in [1.29, 1.82) is 0 Å². The molecule has 3 unspecified atom stereocenters. The number of benzene rings is 2. The summed E-state index contributed by atoms with van der Waals surface area (Å²) in [4.78, 5) is 132. The minimum atomic E-state index is -1.32. The quantitative estimate of drug-likeness (QED) is 0.215. The number of aliphatic hydroxyl groups excluding tert-OH is 1. The third kappa shape index (κ3) is 11.6. The second-order valence-electron chi connectivity index (χ2n) is 20.2. The Bertz CT molecular complexity index is 2550. The van der Waals surface area contributed by atoms with Crippen molar-refractivity contribution in [2.45, 2.75) is 144 Å². The first-order valence-electron chi connectivity index (χ1n) is 23.4. The molecule has 5 aliphatic heterocycles. The first kappa shape index (κ1) is 57.6. The number of aliphatic hydroxyl groups is 1. The zero-order valence-electron chi connectivity index (χ0n) is 40.3. The van der Waals surface area contributed by atoms with E-state index >= 15 is 0 Å². The maximum absolute atomic E-state index is 13.3. The topological polar surface area (TPSA) is 270 Å². The number of likely N-dealkylation sites (tertiary alicyclic amines) is 2. The summed E-state index contributed by atoms with van der Waals surface area (Å²) in [5, 5.41) is 19.0. The third-order valence-corrected chi connectivity index (χ3v) is 12.8. The molecule has 22 heteroatoms. The maximum atomic E-state index is 13.3. The van der Waals surface area contributed by atoms with E-state index in [0.717, 1.165) is 22.8 Å². The number of ether oxygens (including phenoxy) is 5. The minimum absolute atomic E-state index is 0. The molecule has 2 aromatic rings. The van der Waals surface area contributed by atoms with Gasteiger partial charge in [0.05, 0.1) is 46.3 Å². The predicted octanol–water partition coefficient (Wildman–Crippen LogP) is 6.37. The molecule has 21 nitrogen and oxygen atoms in total. The molecule has 2 spiro atoms. The standard InChI is InChI=1S/C22H24N2O8.C20H20N2O7.C7H13ClO2.2CH4/c1-21(2,3)32-20(30)24-17(27)13(11-22(7-8-22)19(24)29)23-16(26)12-5-4-6-14(31-10-9-25)15(12)18(23)28;1-19(2,3)29-18(28)22-15(25)11(9-20(7-8-20)17(22)27)21-14(24)10-5-4-6-12(23)13(10)16(21)26;8-4-6-10-7-3-1-2-5-9-7;;/h4-6,13,25H,7-11H2,1-3H3;4-6,11,23H,7-9H2,1-3H3;7H,1-6H2;2*1H4. The monoisotopic (exact) mass is 1040 g/mol. The summed E-state index contributed by atoms with van der Waals surface area (Å²) in [5.41, 5.74) is -3.98. The molecule has 0 radical (unpaired) electrons. The molecule has 3 saturated heterocycles. The third-order valence-electron chi connectivity index (χ3n) is 12.7.